The van der Waals surface area contributed by atoms with E-state index in [4.69, 9.17) is 4.74 Å². The lowest BCUT2D eigenvalue weighted by Crippen LogP contribution is -2.37. The van der Waals surface area contributed by atoms with E-state index in [-0.39, 0.29) is 18.4 Å². The second kappa shape index (κ2) is 8.26. The molecule has 0 heterocycles. The minimum absolute atomic E-state index is 0.00661. The smallest absolute Gasteiger partial charge is 0.251 e. The van der Waals surface area contributed by atoms with Gasteiger partial charge in [0.1, 0.15) is 0 Å². The van der Waals surface area contributed by atoms with E-state index < -0.39 is 0 Å². The summed E-state index contributed by atoms with van der Waals surface area (Å²) in [4.78, 5) is 23.2. The molecule has 2 amide bonds. The summed E-state index contributed by atoms with van der Waals surface area (Å²) in [5.74, 6) is -0.437. The predicted molar refractivity (Wildman–Crippen MR) is 72.8 cm³/mol. The molecule has 0 fully saturated rings. The molecule has 1 aromatic carbocycles. The lowest BCUT2D eigenvalue weighted by molar-refractivity contribution is -0.120. The van der Waals surface area contributed by atoms with Crippen LogP contribution in [0.1, 0.15) is 29.3 Å². The van der Waals surface area contributed by atoms with Crippen molar-refractivity contribution in [2.75, 3.05) is 20.2 Å². The Morgan fingerprint density at radius 3 is 2.74 bits per heavy atom. The first-order chi connectivity index (χ1) is 9.17. The molecule has 0 radical (unpaired) electrons. The van der Waals surface area contributed by atoms with Gasteiger partial charge >= 0.3 is 0 Å². The number of methoxy groups -OCH3 is 1. The van der Waals surface area contributed by atoms with Crippen LogP contribution in [0.25, 0.3) is 0 Å². The number of hydrogen-bond donors (Lipinski definition) is 2. The van der Waals surface area contributed by atoms with Crippen molar-refractivity contribution < 1.29 is 14.3 Å². The molecule has 104 valence electrons. The van der Waals surface area contributed by atoms with E-state index in [1.165, 1.54) is 0 Å². The van der Waals surface area contributed by atoms with Crippen LogP contribution in [0.2, 0.25) is 0 Å². The van der Waals surface area contributed by atoms with Gasteiger partial charge in [0, 0.05) is 19.2 Å². The number of ether oxygens (including phenoxy) is 1. The summed E-state index contributed by atoms with van der Waals surface area (Å²) >= 11 is 0. The highest BCUT2D eigenvalue weighted by Crippen LogP contribution is 2.06. The first kappa shape index (κ1) is 15.2. The molecular weight excluding hydrogens is 244 g/mol. The van der Waals surface area contributed by atoms with Crippen molar-refractivity contribution in [2.45, 2.75) is 20.0 Å². The second-order valence-electron chi connectivity index (χ2n) is 4.17. The van der Waals surface area contributed by atoms with Gasteiger partial charge in [0.15, 0.2) is 0 Å². The van der Waals surface area contributed by atoms with Gasteiger partial charge in [-0.2, -0.15) is 0 Å². The molecule has 1 rings (SSSR count). The Bertz CT molecular complexity index is 432. The Balaban J connectivity index is 2.49. The van der Waals surface area contributed by atoms with Crippen LogP contribution >= 0.6 is 0 Å². The molecule has 0 aliphatic rings. The topological polar surface area (TPSA) is 67.4 Å². The van der Waals surface area contributed by atoms with E-state index in [0.717, 1.165) is 12.0 Å². The van der Waals surface area contributed by atoms with Gasteiger partial charge in [-0.25, -0.2) is 0 Å². The molecule has 0 atom stereocenters. The van der Waals surface area contributed by atoms with Crippen molar-refractivity contribution in [3.8, 4) is 0 Å². The zero-order chi connectivity index (χ0) is 14.1. The molecule has 0 aromatic heterocycles. The Kier molecular flexibility index (Phi) is 6.60. The molecule has 0 unspecified atom stereocenters. The first-order valence-electron chi connectivity index (χ1n) is 6.30. The van der Waals surface area contributed by atoms with E-state index in [1.807, 2.05) is 13.0 Å². The summed E-state index contributed by atoms with van der Waals surface area (Å²) in [5, 5.41) is 5.28. The molecular formula is C14H20N2O3. The predicted octanol–water partition coefficient (Wildman–Crippen LogP) is 1.09. The molecule has 1 aromatic rings. The summed E-state index contributed by atoms with van der Waals surface area (Å²) in [6, 6.07) is 7.13. The maximum atomic E-state index is 11.8. The largest absolute Gasteiger partial charge is 0.380 e. The molecule has 19 heavy (non-hydrogen) atoms. The fourth-order valence-electron chi connectivity index (χ4n) is 1.56. The number of nitrogens with one attached hydrogen (secondary N) is 2. The third-order valence-electron chi connectivity index (χ3n) is 2.48. The highest BCUT2D eigenvalue weighted by atomic mass is 16.5. The Morgan fingerprint density at radius 2 is 2.05 bits per heavy atom. The monoisotopic (exact) mass is 264 g/mol. The maximum absolute atomic E-state index is 11.8. The number of carbonyl (C=O) groups excluding carboxylic acids is 2. The summed E-state index contributed by atoms with van der Waals surface area (Å²) < 4.78 is 5.01. The Morgan fingerprint density at radius 1 is 1.26 bits per heavy atom. The van der Waals surface area contributed by atoms with Gasteiger partial charge in [0.05, 0.1) is 13.2 Å². The zero-order valence-electron chi connectivity index (χ0n) is 11.4. The third-order valence-corrected chi connectivity index (χ3v) is 2.48. The van der Waals surface area contributed by atoms with Crippen LogP contribution in [-0.2, 0) is 16.1 Å². The lowest BCUT2D eigenvalue weighted by Gasteiger charge is -2.07. The standard InChI is InChI=1S/C14H20N2O3/c1-3-7-15-13(17)9-16-14(18)12-6-4-5-11(8-12)10-19-2/h4-6,8H,3,7,9-10H2,1-2H3,(H,15,17)(H,16,18). The SMILES string of the molecule is CCCNC(=O)CNC(=O)c1cccc(COC)c1. The van der Waals surface area contributed by atoms with E-state index in [1.54, 1.807) is 25.3 Å². The van der Waals surface area contributed by atoms with E-state index in [9.17, 15) is 9.59 Å². The van der Waals surface area contributed by atoms with Crippen LogP contribution in [-0.4, -0.2) is 32.0 Å². The Labute approximate surface area is 113 Å². The summed E-state index contributed by atoms with van der Waals surface area (Å²) in [6.07, 6.45) is 0.874. The average Bonchev–Trinajstić information content (AvgIpc) is 2.43. The quantitative estimate of drug-likeness (QED) is 0.774. The lowest BCUT2D eigenvalue weighted by atomic mass is 10.1. The minimum atomic E-state index is -0.260. The van der Waals surface area contributed by atoms with Gasteiger partial charge in [0.25, 0.3) is 5.91 Å². The van der Waals surface area contributed by atoms with Crippen molar-refractivity contribution in [3.63, 3.8) is 0 Å². The fourth-order valence-corrected chi connectivity index (χ4v) is 1.56. The highest BCUT2D eigenvalue weighted by molar-refractivity contribution is 5.96. The van der Waals surface area contributed by atoms with Crippen molar-refractivity contribution in [1.29, 1.82) is 0 Å². The van der Waals surface area contributed by atoms with E-state index >= 15 is 0 Å². The van der Waals surface area contributed by atoms with Gasteiger partial charge in [-0.3, -0.25) is 9.59 Å². The van der Waals surface area contributed by atoms with E-state index in [0.29, 0.717) is 18.7 Å². The zero-order valence-corrected chi connectivity index (χ0v) is 11.4. The van der Waals surface area contributed by atoms with Crippen LogP contribution in [0.3, 0.4) is 0 Å². The van der Waals surface area contributed by atoms with Crippen LogP contribution in [0, 0.1) is 0 Å². The Hall–Kier alpha value is -1.88. The van der Waals surface area contributed by atoms with Crippen molar-refractivity contribution in [1.82, 2.24) is 10.6 Å². The highest BCUT2D eigenvalue weighted by Gasteiger charge is 2.08. The summed E-state index contributed by atoms with van der Waals surface area (Å²) in [7, 11) is 1.60. The molecule has 2 N–H and O–H groups in total. The molecule has 0 bridgehead atoms. The normalized spacial score (nSPS) is 10.0. The maximum Gasteiger partial charge on any atom is 0.251 e. The van der Waals surface area contributed by atoms with Crippen LogP contribution in [0.5, 0.6) is 0 Å². The molecule has 0 saturated heterocycles. The molecule has 0 aliphatic heterocycles. The average molecular weight is 264 g/mol. The van der Waals surface area contributed by atoms with E-state index in [2.05, 4.69) is 10.6 Å². The van der Waals surface area contributed by atoms with Gasteiger partial charge < -0.3 is 15.4 Å². The molecule has 0 saturated carbocycles. The first-order valence-corrected chi connectivity index (χ1v) is 6.30. The number of amides is 2. The molecule has 0 spiro atoms. The van der Waals surface area contributed by atoms with Crippen molar-refractivity contribution in [2.24, 2.45) is 0 Å². The second-order valence-corrected chi connectivity index (χ2v) is 4.17. The molecule has 5 nitrogen and oxygen atoms in total. The fraction of sp³-hybridized carbons (Fsp3) is 0.429. The van der Waals surface area contributed by atoms with Crippen LogP contribution < -0.4 is 10.6 Å². The van der Waals surface area contributed by atoms with Crippen molar-refractivity contribution >= 4 is 11.8 Å². The number of benzene rings is 1. The van der Waals surface area contributed by atoms with Gasteiger partial charge in [-0.1, -0.05) is 19.1 Å². The summed E-state index contributed by atoms with van der Waals surface area (Å²) in [6.45, 7) is 3.05. The van der Waals surface area contributed by atoms with Gasteiger partial charge in [-0.15, -0.1) is 0 Å². The molecule has 5 heteroatoms. The number of rotatable bonds is 7. The number of carbonyl (C=O) groups is 2. The van der Waals surface area contributed by atoms with Crippen LogP contribution in [0.4, 0.5) is 0 Å². The third kappa shape index (κ3) is 5.52. The molecule has 0 aliphatic carbocycles. The van der Waals surface area contributed by atoms with Gasteiger partial charge in [-0.05, 0) is 24.1 Å². The minimum Gasteiger partial charge on any atom is -0.380 e. The summed E-state index contributed by atoms with van der Waals surface area (Å²) in [5.41, 5.74) is 1.45. The van der Waals surface area contributed by atoms with Crippen LogP contribution in [0.15, 0.2) is 24.3 Å². The number of hydrogen-bond acceptors (Lipinski definition) is 3. The van der Waals surface area contributed by atoms with Crippen molar-refractivity contribution in [3.05, 3.63) is 35.4 Å². The van der Waals surface area contributed by atoms with Gasteiger partial charge in [0.2, 0.25) is 5.91 Å².